The summed E-state index contributed by atoms with van der Waals surface area (Å²) >= 11 is 4.85. The van der Waals surface area contributed by atoms with Crippen LogP contribution in [0.15, 0.2) is 18.2 Å². The van der Waals surface area contributed by atoms with E-state index in [2.05, 4.69) is 9.78 Å². The first-order valence-corrected chi connectivity index (χ1v) is 4.63. The maximum atomic E-state index is 11.4. The van der Waals surface area contributed by atoms with E-state index in [1.807, 2.05) is 0 Å². The Morgan fingerprint density at radius 3 is 2.53 bits per heavy atom. The number of rotatable bonds is 3. The molecule has 5 heteroatoms. The predicted octanol–water partition coefficient (Wildman–Crippen LogP) is 1.35. The number of hydrogen-bond donors (Lipinski definition) is 1. The van der Waals surface area contributed by atoms with Crippen molar-refractivity contribution in [3.63, 3.8) is 0 Å². The highest BCUT2D eigenvalue weighted by molar-refractivity contribution is 7.80. The van der Waals surface area contributed by atoms with Gasteiger partial charge in [0, 0.05) is 5.56 Å². The molecule has 4 nitrogen and oxygen atoms in total. The second-order valence-electron chi connectivity index (χ2n) is 2.88. The van der Waals surface area contributed by atoms with Crippen LogP contribution in [0, 0.1) is 6.92 Å². The fourth-order valence-corrected chi connectivity index (χ4v) is 1.47. The molecule has 2 N–H and O–H groups in total. The van der Waals surface area contributed by atoms with Crippen LogP contribution in [0.5, 0.6) is 0 Å². The first kappa shape index (κ1) is 11.6. The van der Waals surface area contributed by atoms with Gasteiger partial charge in [0.15, 0.2) is 0 Å². The van der Waals surface area contributed by atoms with Gasteiger partial charge < -0.3 is 5.73 Å². The highest BCUT2D eigenvalue weighted by Gasteiger charge is 2.14. The minimum absolute atomic E-state index is 0.250. The fourth-order valence-electron chi connectivity index (χ4n) is 1.24. The Morgan fingerprint density at radius 1 is 1.40 bits per heavy atom. The van der Waals surface area contributed by atoms with E-state index in [9.17, 15) is 4.79 Å². The summed E-state index contributed by atoms with van der Waals surface area (Å²) < 4.78 is 0. The van der Waals surface area contributed by atoms with E-state index in [0.29, 0.717) is 16.7 Å². The van der Waals surface area contributed by atoms with E-state index < -0.39 is 5.97 Å². The summed E-state index contributed by atoms with van der Waals surface area (Å²) in [6, 6.07) is 5.06. The monoisotopic (exact) mass is 225 g/mol. The van der Waals surface area contributed by atoms with Crippen LogP contribution >= 0.6 is 12.2 Å². The van der Waals surface area contributed by atoms with Crippen molar-refractivity contribution in [3.05, 3.63) is 34.9 Å². The number of thiocarbonyl (C=S) groups is 1. The normalized spacial score (nSPS) is 9.73. The predicted molar refractivity (Wildman–Crippen MR) is 59.5 cm³/mol. The van der Waals surface area contributed by atoms with Gasteiger partial charge >= 0.3 is 5.97 Å². The van der Waals surface area contributed by atoms with Crippen LogP contribution in [0.3, 0.4) is 0 Å². The summed E-state index contributed by atoms with van der Waals surface area (Å²) in [5.74, 6) is -0.562. The average Bonchev–Trinajstić information content (AvgIpc) is 2.17. The summed E-state index contributed by atoms with van der Waals surface area (Å²) in [5, 5.41) is 0. The van der Waals surface area contributed by atoms with Gasteiger partial charge in [-0.05, 0) is 18.6 Å². The van der Waals surface area contributed by atoms with Crippen molar-refractivity contribution in [1.82, 2.24) is 0 Å². The topological polar surface area (TPSA) is 61.5 Å². The molecule has 0 amide bonds. The van der Waals surface area contributed by atoms with Crippen LogP contribution in [0.4, 0.5) is 0 Å². The molecule has 80 valence electrons. The lowest BCUT2D eigenvalue weighted by Gasteiger charge is -2.08. The van der Waals surface area contributed by atoms with Crippen molar-refractivity contribution in [3.8, 4) is 0 Å². The van der Waals surface area contributed by atoms with Crippen molar-refractivity contribution in [2.75, 3.05) is 7.11 Å². The fraction of sp³-hybridized carbons (Fsp3) is 0.200. The molecular formula is C10H11NO3S. The van der Waals surface area contributed by atoms with Gasteiger partial charge in [-0.15, -0.1) is 0 Å². The van der Waals surface area contributed by atoms with Gasteiger partial charge in [-0.2, -0.15) is 4.89 Å². The summed E-state index contributed by atoms with van der Waals surface area (Å²) in [6.07, 6.45) is 0. The molecule has 0 radical (unpaired) electrons. The Hall–Kier alpha value is -1.46. The van der Waals surface area contributed by atoms with Gasteiger partial charge in [0.05, 0.1) is 12.7 Å². The van der Waals surface area contributed by atoms with E-state index in [1.165, 1.54) is 7.11 Å². The average molecular weight is 225 g/mol. The number of benzene rings is 1. The zero-order valence-corrected chi connectivity index (χ0v) is 9.26. The quantitative estimate of drug-likeness (QED) is 0.478. The maximum Gasteiger partial charge on any atom is 0.373 e. The molecule has 0 fully saturated rings. The third-order valence-electron chi connectivity index (χ3n) is 1.98. The van der Waals surface area contributed by atoms with Crippen molar-refractivity contribution >= 4 is 23.2 Å². The van der Waals surface area contributed by atoms with Crippen LogP contribution in [0.1, 0.15) is 21.5 Å². The van der Waals surface area contributed by atoms with Crippen LogP contribution in [0.2, 0.25) is 0 Å². The Bertz CT molecular complexity index is 404. The van der Waals surface area contributed by atoms with Crippen molar-refractivity contribution in [2.45, 2.75) is 6.92 Å². The summed E-state index contributed by atoms with van der Waals surface area (Å²) in [5.41, 5.74) is 7.25. The number of carbonyl (C=O) groups is 1. The molecule has 0 spiro atoms. The number of carbonyl (C=O) groups excluding carboxylic acids is 1. The minimum Gasteiger partial charge on any atom is -0.389 e. The molecule has 0 atom stereocenters. The number of hydrogen-bond acceptors (Lipinski definition) is 4. The lowest BCUT2D eigenvalue weighted by molar-refractivity contribution is -0.216. The third kappa shape index (κ3) is 2.51. The van der Waals surface area contributed by atoms with Crippen molar-refractivity contribution in [2.24, 2.45) is 5.73 Å². The Balaban J connectivity index is 3.15. The molecule has 0 aliphatic rings. The van der Waals surface area contributed by atoms with Gasteiger partial charge in [-0.1, -0.05) is 24.4 Å². The van der Waals surface area contributed by atoms with Gasteiger partial charge in [0.25, 0.3) is 0 Å². The van der Waals surface area contributed by atoms with E-state index in [4.69, 9.17) is 18.0 Å². The van der Waals surface area contributed by atoms with Crippen LogP contribution < -0.4 is 5.73 Å². The molecule has 0 aliphatic heterocycles. The molecule has 0 saturated heterocycles. The molecular weight excluding hydrogens is 214 g/mol. The highest BCUT2D eigenvalue weighted by Crippen LogP contribution is 2.14. The highest BCUT2D eigenvalue weighted by atomic mass is 32.1. The number of nitrogens with two attached hydrogens (primary N) is 1. The van der Waals surface area contributed by atoms with E-state index in [0.717, 1.165) is 0 Å². The van der Waals surface area contributed by atoms with E-state index in [-0.39, 0.29) is 4.99 Å². The molecule has 0 saturated carbocycles. The molecule has 1 aromatic rings. The van der Waals surface area contributed by atoms with Gasteiger partial charge in [0.1, 0.15) is 4.99 Å². The molecule has 15 heavy (non-hydrogen) atoms. The van der Waals surface area contributed by atoms with E-state index in [1.54, 1.807) is 25.1 Å². The summed E-state index contributed by atoms with van der Waals surface area (Å²) in [7, 11) is 1.27. The summed E-state index contributed by atoms with van der Waals surface area (Å²) in [6.45, 7) is 1.75. The zero-order chi connectivity index (χ0) is 11.4. The van der Waals surface area contributed by atoms with Crippen molar-refractivity contribution in [1.29, 1.82) is 0 Å². The van der Waals surface area contributed by atoms with Gasteiger partial charge in [0.2, 0.25) is 0 Å². The van der Waals surface area contributed by atoms with Gasteiger partial charge in [-0.3, -0.25) is 4.89 Å². The SMILES string of the molecule is COOC(=O)c1cccc(C(N)=S)c1C. The third-order valence-corrected chi connectivity index (χ3v) is 2.20. The largest absolute Gasteiger partial charge is 0.389 e. The molecule has 0 unspecified atom stereocenters. The van der Waals surface area contributed by atoms with Crippen molar-refractivity contribution < 1.29 is 14.6 Å². The standard InChI is InChI=1S/C10H11NO3S/c1-6-7(9(11)15)4-3-5-8(6)10(12)14-13-2/h3-5H,1-2H3,(H2,11,15). The minimum atomic E-state index is -0.562. The van der Waals surface area contributed by atoms with Crippen LogP contribution in [0.25, 0.3) is 0 Å². The lowest BCUT2D eigenvalue weighted by atomic mass is 10.0. The lowest BCUT2D eigenvalue weighted by Crippen LogP contribution is -2.14. The summed E-state index contributed by atoms with van der Waals surface area (Å²) in [4.78, 5) is 20.4. The Labute approximate surface area is 92.9 Å². The second kappa shape index (κ2) is 4.86. The molecule has 0 bridgehead atoms. The van der Waals surface area contributed by atoms with E-state index >= 15 is 0 Å². The molecule has 1 rings (SSSR count). The Kier molecular flexibility index (Phi) is 3.76. The Morgan fingerprint density at radius 2 is 2.00 bits per heavy atom. The smallest absolute Gasteiger partial charge is 0.373 e. The zero-order valence-electron chi connectivity index (χ0n) is 8.44. The molecule has 1 aromatic carbocycles. The van der Waals surface area contributed by atoms with Gasteiger partial charge in [-0.25, -0.2) is 4.79 Å². The second-order valence-corrected chi connectivity index (χ2v) is 3.32. The molecule has 0 aliphatic carbocycles. The van der Waals surface area contributed by atoms with Crippen LogP contribution in [-0.4, -0.2) is 18.1 Å². The van der Waals surface area contributed by atoms with Crippen LogP contribution in [-0.2, 0) is 9.78 Å². The first-order chi connectivity index (χ1) is 7.07. The maximum absolute atomic E-state index is 11.4. The first-order valence-electron chi connectivity index (χ1n) is 4.22. The molecule has 0 heterocycles. The molecule has 0 aromatic heterocycles.